The predicted octanol–water partition coefficient (Wildman–Crippen LogP) is 4.53. The molecule has 1 heterocycles. The fourth-order valence-corrected chi connectivity index (χ4v) is 6.83. The largest absolute Gasteiger partial charge is 0.497 e. The molecule has 1 heteroatoms. The second kappa shape index (κ2) is 4.02. The van der Waals surface area contributed by atoms with Gasteiger partial charge in [0.2, 0.25) is 0 Å². The van der Waals surface area contributed by atoms with Crippen LogP contribution >= 0.6 is 0 Å². The first-order valence-electron chi connectivity index (χ1n) is 8.76. The molecule has 4 saturated carbocycles. The Morgan fingerprint density at radius 1 is 0.842 bits per heavy atom. The van der Waals surface area contributed by atoms with Crippen molar-refractivity contribution >= 4 is 0 Å². The lowest BCUT2D eigenvalue weighted by Crippen LogP contribution is -2.48. The number of fused-ring (bicyclic) bond motifs is 4. The molecule has 7 unspecified atom stereocenters. The molecule has 19 heavy (non-hydrogen) atoms. The van der Waals surface area contributed by atoms with Crippen molar-refractivity contribution in [3.63, 3.8) is 0 Å². The maximum absolute atomic E-state index is 6.11. The number of rotatable bonds is 0. The van der Waals surface area contributed by atoms with Gasteiger partial charge in [0.25, 0.3) is 0 Å². The summed E-state index contributed by atoms with van der Waals surface area (Å²) in [5, 5.41) is 0. The molecule has 0 aromatic rings. The fourth-order valence-electron chi connectivity index (χ4n) is 6.83. The molecule has 0 spiro atoms. The highest BCUT2D eigenvalue weighted by atomic mass is 16.5. The third kappa shape index (κ3) is 1.48. The highest BCUT2D eigenvalue weighted by Gasteiger charge is 2.54. The van der Waals surface area contributed by atoms with Gasteiger partial charge in [-0.15, -0.1) is 0 Å². The van der Waals surface area contributed by atoms with E-state index in [1.54, 1.807) is 18.4 Å². The van der Waals surface area contributed by atoms with E-state index >= 15 is 0 Å². The minimum absolute atomic E-state index is 0.584. The van der Waals surface area contributed by atoms with Crippen molar-refractivity contribution in [1.82, 2.24) is 0 Å². The van der Waals surface area contributed by atoms with E-state index in [1.165, 1.54) is 44.9 Å². The molecule has 0 bridgehead atoms. The molecule has 0 aromatic carbocycles. The van der Waals surface area contributed by atoms with Crippen LogP contribution in [0.3, 0.4) is 0 Å². The summed E-state index contributed by atoms with van der Waals surface area (Å²) in [6, 6.07) is 0. The normalized spacial score (nSPS) is 54.7. The van der Waals surface area contributed by atoms with Gasteiger partial charge in [0, 0.05) is 5.92 Å². The van der Waals surface area contributed by atoms with Gasteiger partial charge in [0.1, 0.15) is 6.10 Å². The van der Waals surface area contributed by atoms with Crippen LogP contribution < -0.4 is 0 Å². The Balaban J connectivity index is 1.49. The smallest absolute Gasteiger partial charge is 0.105 e. The summed E-state index contributed by atoms with van der Waals surface area (Å²) in [7, 11) is 0. The molecule has 0 N–H and O–H groups in total. The zero-order valence-electron chi connectivity index (χ0n) is 11.9. The Bertz CT molecular complexity index is 412. The van der Waals surface area contributed by atoms with E-state index in [2.05, 4.69) is 6.26 Å². The molecule has 5 aliphatic rings. The first-order chi connectivity index (χ1) is 9.42. The summed E-state index contributed by atoms with van der Waals surface area (Å²) in [6.07, 6.45) is 16.1. The van der Waals surface area contributed by atoms with E-state index in [0.29, 0.717) is 6.10 Å². The Morgan fingerprint density at radius 2 is 1.79 bits per heavy atom. The van der Waals surface area contributed by atoms with Crippen molar-refractivity contribution in [3.8, 4) is 0 Å². The molecule has 0 aromatic heterocycles. The van der Waals surface area contributed by atoms with Crippen LogP contribution in [0.5, 0.6) is 0 Å². The molecular formula is C18H26O. The van der Waals surface area contributed by atoms with Gasteiger partial charge >= 0.3 is 0 Å². The average molecular weight is 258 g/mol. The van der Waals surface area contributed by atoms with Crippen molar-refractivity contribution < 1.29 is 4.74 Å². The molecule has 5 rings (SSSR count). The predicted molar refractivity (Wildman–Crippen MR) is 75.4 cm³/mol. The number of hydrogen-bond acceptors (Lipinski definition) is 1. The van der Waals surface area contributed by atoms with E-state index < -0.39 is 0 Å². The Hall–Kier alpha value is -0.460. The molecular weight excluding hydrogens is 232 g/mol. The van der Waals surface area contributed by atoms with E-state index in [9.17, 15) is 0 Å². The van der Waals surface area contributed by atoms with Crippen LogP contribution in [0.15, 0.2) is 11.8 Å². The van der Waals surface area contributed by atoms with Gasteiger partial charge in [0.15, 0.2) is 0 Å². The molecule has 0 amide bonds. The summed E-state index contributed by atoms with van der Waals surface area (Å²) in [4.78, 5) is 0. The number of hydrogen-bond donors (Lipinski definition) is 0. The Labute approximate surface area is 116 Å². The van der Waals surface area contributed by atoms with E-state index in [-0.39, 0.29) is 0 Å². The van der Waals surface area contributed by atoms with Gasteiger partial charge in [-0.3, -0.25) is 0 Å². The standard InChI is InChI=1S/C18H26O/c1-3-11-7-8-14-15-6-2-4-12-10-19-17(18(12)15)9-16(14)13(11)5-1/h10-11,13-18H,1-9H2. The summed E-state index contributed by atoms with van der Waals surface area (Å²) in [5.74, 6) is 6.09. The van der Waals surface area contributed by atoms with Crippen LogP contribution in [0.2, 0.25) is 0 Å². The summed E-state index contributed by atoms with van der Waals surface area (Å²) >= 11 is 0. The highest BCUT2D eigenvalue weighted by Crippen LogP contribution is 2.60. The van der Waals surface area contributed by atoms with Crippen molar-refractivity contribution in [2.24, 2.45) is 35.5 Å². The van der Waals surface area contributed by atoms with Crippen molar-refractivity contribution in [2.45, 2.75) is 63.9 Å². The van der Waals surface area contributed by atoms with Gasteiger partial charge in [-0.2, -0.15) is 0 Å². The molecule has 4 fully saturated rings. The zero-order chi connectivity index (χ0) is 12.4. The van der Waals surface area contributed by atoms with Gasteiger partial charge in [-0.05, 0) is 80.1 Å². The molecule has 1 aliphatic heterocycles. The second-order valence-corrected chi connectivity index (χ2v) is 7.94. The van der Waals surface area contributed by atoms with Crippen LogP contribution in [0.1, 0.15) is 57.8 Å². The molecule has 0 radical (unpaired) electrons. The Morgan fingerprint density at radius 3 is 2.79 bits per heavy atom. The minimum Gasteiger partial charge on any atom is -0.497 e. The molecule has 4 aliphatic carbocycles. The van der Waals surface area contributed by atoms with Crippen molar-refractivity contribution in [3.05, 3.63) is 11.8 Å². The highest BCUT2D eigenvalue weighted by molar-refractivity contribution is 5.19. The van der Waals surface area contributed by atoms with Crippen LogP contribution in [-0.4, -0.2) is 6.10 Å². The lowest BCUT2D eigenvalue weighted by atomic mass is 9.53. The van der Waals surface area contributed by atoms with E-state index in [0.717, 1.165) is 35.5 Å². The lowest BCUT2D eigenvalue weighted by molar-refractivity contribution is -0.0601. The first-order valence-corrected chi connectivity index (χ1v) is 8.76. The third-order valence-corrected chi connectivity index (χ3v) is 7.43. The van der Waals surface area contributed by atoms with Crippen LogP contribution in [-0.2, 0) is 4.74 Å². The van der Waals surface area contributed by atoms with Gasteiger partial charge in [-0.1, -0.05) is 12.8 Å². The topological polar surface area (TPSA) is 9.23 Å². The molecule has 7 atom stereocenters. The second-order valence-electron chi connectivity index (χ2n) is 7.94. The fraction of sp³-hybridized carbons (Fsp3) is 0.889. The monoisotopic (exact) mass is 258 g/mol. The van der Waals surface area contributed by atoms with Gasteiger partial charge < -0.3 is 4.74 Å². The third-order valence-electron chi connectivity index (χ3n) is 7.43. The van der Waals surface area contributed by atoms with Crippen LogP contribution in [0.25, 0.3) is 0 Å². The average Bonchev–Trinajstić information content (AvgIpc) is 3.07. The molecule has 0 saturated heterocycles. The zero-order valence-corrected chi connectivity index (χ0v) is 11.9. The lowest BCUT2D eigenvalue weighted by Gasteiger charge is -2.52. The maximum atomic E-state index is 6.11. The summed E-state index contributed by atoms with van der Waals surface area (Å²) in [6.45, 7) is 0. The maximum Gasteiger partial charge on any atom is 0.105 e. The molecule has 104 valence electrons. The number of ether oxygens (including phenoxy) is 1. The van der Waals surface area contributed by atoms with E-state index in [1.807, 2.05) is 0 Å². The summed E-state index contributed by atoms with van der Waals surface area (Å²) in [5.41, 5.74) is 1.69. The van der Waals surface area contributed by atoms with Crippen LogP contribution in [0, 0.1) is 35.5 Å². The van der Waals surface area contributed by atoms with Crippen molar-refractivity contribution in [2.75, 3.05) is 0 Å². The van der Waals surface area contributed by atoms with E-state index in [4.69, 9.17) is 4.74 Å². The SMILES string of the molecule is C1=C2CCCC3C4CCC5CCCC5C4CC(O1)C23. The quantitative estimate of drug-likeness (QED) is 0.620. The van der Waals surface area contributed by atoms with Crippen molar-refractivity contribution in [1.29, 1.82) is 0 Å². The minimum atomic E-state index is 0.584. The summed E-state index contributed by atoms with van der Waals surface area (Å²) < 4.78 is 6.11. The molecule has 1 nitrogen and oxygen atoms in total. The Kier molecular flexibility index (Phi) is 2.38. The van der Waals surface area contributed by atoms with Gasteiger partial charge in [-0.25, -0.2) is 0 Å². The first kappa shape index (κ1) is 11.2. The van der Waals surface area contributed by atoms with Crippen LogP contribution in [0.4, 0.5) is 0 Å². The van der Waals surface area contributed by atoms with Gasteiger partial charge in [0.05, 0.1) is 6.26 Å².